The van der Waals surface area contributed by atoms with Crippen molar-refractivity contribution in [2.45, 2.75) is 25.7 Å². The quantitative estimate of drug-likeness (QED) is 0.639. The monoisotopic (exact) mass is 284 g/mol. The number of nitrogens with two attached hydrogens (primary N) is 2. The van der Waals surface area contributed by atoms with Crippen LogP contribution in [0.4, 0.5) is 9.59 Å². The Kier molecular flexibility index (Phi) is 7.95. The number of amides is 6. The van der Waals surface area contributed by atoms with Gasteiger partial charge in [-0.15, -0.1) is 0 Å². The number of unbranched alkanes of at least 4 members (excludes halogenated alkanes) is 3. The van der Waals surface area contributed by atoms with Gasteiger partial charge in [-0.05, 0) is 12.8 Å². The molecule has 0 saturated heterocycles. The second-order valence-electron chi connectivity index (χ2n) is 4.18. The van der Waals surface area contributed by atoms with Crippen LogP contribution < -0.4 is 11.5 Å². The third-order valence-electron chi connectivity index (χ3n) is 2.65. The third kappa shape index (κ3) is 6.72. The summed E-state index contributed by atoms with van der Waals surface area (Å²) in [6.45, 7) is 6.64. The minimum atomic E-state index is -0.826. The fourth-order valence-corrected chi connectivity index (χ4v) is 1.61. The highest BCUT2D eigenvalue weighted by atomic mass is 16.2. The van der Waals surface area contributed by atoms with Crippen LogP contribution in [0.1, 0.15) is 25.7 Å². The smallest absolute Gasteiger partial charge is 0.321 e. The zero-order valence-electron chi connectivity index (χ0n) is 11.3. The molecule has 0 aliphatic carbocycles. The molecule has 0 aromatic heterocycles. The van der Waals surface area contributed by atoms with Gasteiger partial charge in [-0.25, -0.2) is 9.59 Å². The number of nitrogens with zero attached hydrogens (tertiary/aromatic N) is 2. The predicted molar refractivity (Wildman–Crippen MR) is 71.8 cm³/mol. The maximum Gasteiger partial charge on any atom is 0.321 e. The Morgan fingerprint density at radius 3 is 1.20 bits per heavy atom. The molecule has 2 radical (unpaired) electrons. The molecule has 0 aromatic rings. The van der Waals surface area contributed by atoms with Crippen molar-refractivity contribution in [2.75, 3.05) is 13.1 Å². The first kappa shape index (κ1) is 17.9. The third-order valence-corrected chi connectivity index (χ3v) is 2.65. The van der Waals surface area contributed by atoms with Crippen molar-refractivity contribution in [1.82, 2.24) is 9.80 Å². The zero-order valence-corrected chi connectivity index (χ0v) is 11.3. The normalized spacial score (nSPS) is 9.90. The Hall–Kier alpha value is -2.12. The summed E-state index contributed by atoms with van der Waals surface area (Å²) in [6.07, 6.45) is 2.54. The van der Waals surface area contributed by atoms with E-state index < -0.39 is 23.9 Å². The van der Waals surface area contributed by atoms with Gasteiger partial charge in [0.05, 0.1) is 0 Å². The summed E-state index contributed by atoms with van der Waals surface area (Å²) < 4.78 is 0. The van der Waals surface area contributed by atoms with Crippen LogP contribution in [-0.4, -0.2) is 46.8 Å². The first-order valence-corrected chi connectivity index (χ1v) is 6.13. The molecule has 0 aromatic carbocycles. The van der Waals surface area contributed by atoms with Gasteiger partial charge < -0.3 is 11.5 Å². The Labute approximate surface area is 118 Å². The summed E-state index contributed by atoms with van der Waals surface area (Å²) >= 11 is 0. The molecule has 0 unspecified atom stereocenters. The molecule has 0 spiro atoms. The lowest BCUT2D eigenvalue weighted by molar-refractivity contribution is -0.124. The fraction of sp³-hybridized carbons (Fsp3) is 0.500. The van der Waals surface area contributed by atoms with Crippen LogP contribution >= 0.6 is 0 Å². The SMILES string of the molecule is [CH2]C(=O)N(CCCCCCN(C([CH2])=O)C(N)=O)C(N)=O. The summed E-state index contributed by atoms with van der Waals surface area (Å²) in [6, 6.07) is -1.65. The lowest BCUT2D eigenvalue weighted by atomic mass is 10.2. The second kappa shape index (κ2) is 8.89. The molecule has 0 aliphatic heterocycles. The highest BCUT2D eigenvalue weighted by Crippen LogP contribution is 2.04. The van der Waals surface area contributed by atoms with Gasteiger partial charge in [0, 0.05) is 26.9 Å². The van der Waals surface area contributed by atoms with Crippen LogP contribution in [0.15, 0.2) is 0 Å². The van der Waals surface area contributed by atoms with E-state index >= 15 is 0 Å². The van der Waals surface area contributed by atoms with Gasteiger partial charge in [0.1, 0.15) is 0 Å². The van der Waals surface area contributed by atoms with Crippen LogP contribution in [0.3, 0.4) is 0 Å². The van der Waals surface area contributed by atoms with Crippen molar-refractivity contribution in [3.05, 3.63) is 13.8 Å². The number of urea groups is 2. The number of hydrogen-bond acceptors (Lipinski definition) is 4. The van der Waals surface area contributed by atoms with Crippen molar-refractivity contribution in [3.63, 3.8) is 0 Å². The predicted octanol–water partition coefficient (Wildman–Crippen LogP) is 0.0296. The summed E-state index contributed by atoms with van der Waals surface area (Å²) in [5.41, 5.74) is 10.0. The van der Waals surface area contributed by atoms with E-state index in [1.165, 1.54) is 0 Å². The first-order chi connectivity index (χ1) is 9.27. The fourth-order valence-electron chi connectivity index (χ4n) is 1.61. The standard InChI is InChI=1S/C12H20N4O4/c1-9(17)15(11(13)19)7-5-3-4-6-8-16(10(2)18)12(14)20/h1-8H2,(H2,13,19)(H2,14,20). The van der Waals surface area contributed by atoms with Crippen molar-refractivity contribution < 1.29 is 19.2 Å². The van der Waals surface area contributed by atoms with Gasteiger partial charge in [-0.2, -0.15) is 0 Å². The van der Waals surface area contributed by atoms with Gasteiger partial charge in [0.25, 0.3) is 0 Å². The number of hydrogen-bond donors (Lipinski definition) is 2. The Balaban J connectivity index is 3.87. The van der Waals surface area contributed by atoms with Gasteiger partial charge in [0.15, 0.2) is 0 Å². The van der Waals surface area contributed by atoms with Crippen LogP contribution in [0.25, 0.3) is 0 Å². The molecular weight excluding hydrogens is 264 g/mol. The van der Waals surface area contributed by atoms with Gasteiger partial charge in [0.2, 0.25) is 11.8 Å². The minimum absolute atomic E-state index is 0.200. The molecule has 8 heteroatoms. The largest absolute Gasteiger partial charge is 0.351 e. The topological polar surface area (TPSA) is 127 Å². The van der Waals surface area contributed by atoms with E-state index in [0.29, 0.717) is 25.7 Å². The summed E-state index contributed by atoms with van der Waals surface area (Å²) in [7, 11) is 0. The van der Waals surface area contributed by atoms with E-state index in [1.54, 1.807) is 0 Å². The molecule has 0 rings (SSSR count). The lowest BCUT2D eigenvalue weighted by Gasteiger charge is -2.17. The van der Waals surface area contributed by atoms with E-state index in [2.05, 4.69) is 13.8 Å². The zero-order chi connectivity index (χ0) is 15.7. The Bertz CT molecular complexity index is 320. The van der Waals surface area contributed by atoms with Crippen LogP contribution in [0, 0.1) is 13.8 Å². The molecule has 4 N–H and O–H groups in total. The number of carbonyl (C=O) groups is 4. The lowest BCUT2D eigenvalue weighted by Crippen LogP contribution is -2.40. The average Bonchev–Trinajstić information content (AvgIpc) is 2.30. The average molecular weight is 284 g/mol. The molecule has 0 fully saturated rings. The van der Waals surface area contributed by atoms with Crippen molar-refractivity contribution in [1.29, 1.82) is 0 Å². The van der Waals surface area contributed by atoms with E-state index in [0.717, 1.165) is 9.80 Å². The number of imide groups is 2. The molecule has 0 heterocycles. The van der Waals surface area contributed by atoms with E-state index in [4.69, 9.17) is 11.5 Å². The highest BCUT2D eigenvalue weighted by Gasteiger charge is 2.15. The summed E-state index contributed by atoms with van der Waals surface area (Å²) in [4.78, 5) is 45.4. The molecule has 0 atom stereocenters. The van der Waals surface area contributed by atoms with Gasteiger partial charge in [-0.3, -0.25) is 19.4 Å². The van der Waals surface area contributed by atoms with Crippen molar-refractivity contribution >= 4 is 23.9 Å². The summed E-state index contributed by atoms with van der Waals surface area (Å²) in [5, 5.41) is 0. The number of primary amides is 2. The number of rotatable bonds is 7. The molecule has 0 saturated carbocycles. The maximum atomic E-state index is 11.0. The minimum Gasteiger partial charge on any atom is -0.351 e. The van der Waals surface area contributed by atoms with E-state index in [9.17, 15) is 19.2 Å². The van der Waals surface area contributed by atoms with E-state index in [-0.39, 0.29) is 13.1 Å². The molecule has 112 valence electrons. The van der Waals surface area contributed by atoms with Crippen molar-refractivity contribution in [2.24, 2.45) is 11.5 Å². The highest BCUT2D eigenvalue weighted by molar-refractivity contribution is 5.96. The summed E-state index contributed by atoms with van der Waals surface area (Å²) in [5.74, 6) is -1.28. The molecular formula is C12H20N4O4. The van der Waals surface area contributed by atoms with Crippen molar-refractivity contribution in [3.8, 4) is 0 Å². The van der Waals surface area contributed by atoms with E-state index in [1.807, 2.05) is 0 Å². The maximum absolute atomic E-state index is 11.0. The Morgan fingerprint density at radius 2 is 1.00 bits per heavy atom. The molecule has 20 heavy (non-hydrogen) atoms. The molecule has 0 bridgehead atoms. The Morgan fingerprint density at radius 1 is 0.700 bits per heavy atom. The number of carbonyl (C=O) groups excluding carboxylic acids is 4. The van der Waals surface area contributed by atoms with Crippen LogP contribution in [0.5, 0.6) is 0 Å². The van der Waals surface area contributed by atoms with Gasteiger partial charge >= 0.3 is 12.1 Å². The van der Waals surface area contributed by atoms with Crippen LogP contribution in [0.2, 0.25) is 0 Å². The first-order valence-electron chi connectivity index (χ1n) is 6.13. The van der Waals surface area contributed by atoms with Crippen LogP contribution in [-0.2, 0) is 9.59 Å². The molecule has 6 amide bonds. The van der Waals surface area contributed by atoms with Gasteiger partial charge in [-0.1, -0.05) is 12.8 Å². The second-order valence-corrected chi connectivity index (χ2v) is 4.18. The molecule has 8 nitrogen and oxygen atoms in total. The molecule has 0 aliphatic rings.